The number of aliphatic hydroxyl groups excluding tert-OH is 1. The Morgan fingerprint density at radius 2 is 2.00 bits per heavy atom. The molecular weight excluding hydrogens is 522 g/mol. The van der Waals surface area contributed by atoms with Crippen molar-refractivity contribution in [3.05, 3.63) is 77.8 Å². The molecule has 9 heteroatoms. The number of carbonyl (C=O) groups excluding carboxylic acids is 2. The lowest BCUT2D eigenvalue weighted by molar-refractivity contribution is -0.166. The largest absolute Gasteiger partial charge is 0.497 e. The van der Waals surface area contributed by atoms with Crippen molar-refractivity contribution in [1.29, 1.82) is 0 Å². The van der Waals surface area contributed by atoms with Crippen LogP contribution in [0.3, 0.4) is 0 Å². The third-order valence-electron chi connectivity index (χ3n) is 7.73. The number of benzene rings is 2. The average Bonchev–Trinajstić information content (AvgIpc) is 3.57. The maximum Gasteiger partial charge on any atom is 0.286 e. The Kier molecular flexibility index (Phi) is 8.75. The highest BCUT2D eigenvalue weighted by molar-refractivity contribution is 5.95. The van der Waals surface area contributed by atoms with Crippen LogP contribution in [0.15, 0.2) is 66.7 Å². The van der Waals surface area contributed by atoms with Gasteiger partial charge in [-0.25, -0.2) is 0 Å². The molecule has 0 aliphatic carbocycles. The van der Waals surface area contributed by atoms with E-state index in [2.05, 4.69) is 10.3 Å². The van der Waals surface area contributed by atoms with E-state index in [9.17, 15) is 14.7 Å². The van der Waals surface area contributed by atoms with Gasteiger partial charge in [0.25, 0.3) is 5.91 Å². The SMILES string of the molecule is CCO[C@@H]1OC(C(=O)NCCc2c[nH]c3ccc(OC)cc23)=C[C@H](c2cn(C(C)=O)c3ccccc23)[C@H]1CCCO. The lowest BCUT2D eigenvalue weighted by Gasteiger charge is -2.36. The molecule has 2 aromatic carbocycles. The van der Waals surface area contributed by atoms with Crippen LogP contribution in [0.2, 0.25) is 0 Å². The molecule has 0 saturated carbocycles. The molecule has 0 saturated heterocycles. The summed E-state index contributed by atoms with van der Waals surface area (Å²) in [5, 5.41) is 14.6. The Labute approximate surface area is 239 Å². The molecule has 216 valence electrons. The lowest BCUT2D eigenvalue weighted by Crippen LogP contribution is -2.39. The second-order valence-corrected chi connectivity index (χ2v) is 10.2. The summed E-state index contributed by atoms with van der Waals surface area (Å²) >= 11 is 0. The van der Waals surface area contributed by atoms with E-state index in [1.165, 1.54) is 6.92 Å². The molecule has 3 atom stereocenters. The first-order chi connectivity index (χ1) is 19.9. The van der Waals surface area contributed by atoms with E-state index in [4.69, 9.17) is 14.2 Å². The van der Waals surface area contributed by atoms with Gasteiger partial charge in [-0.15, -0.1) is 0 Å². The number of rotatable bonds is 11. The number of hydrogen-bond donors (Lipinski definition) is 3. The van der Waals surface area contributed by atoms with Crippen molar-refractivity contribution >= 4 is 33.6 Å². The van der Waals surface area contributed by atoms with Crippen molar-refractivity contribution in [2.45, 2.75) is 45.3 Å². The molecule has 9 nitrogen and oxygen atoms in total. The van der Waals surface area contributed by atoms with E-state index in [0.717, 1.165) is 38.7 Å². The van der Waals surface area contributed by atoms with Gasteiger partial charge in [0.05, 0.1) is 12.6 Å². The second-order valence-electron chi connectivity index (χ2n) is 10.2. The van der Waals surface area contributed by atoms with Gasteiger partial charge in [0.2, 0.25) is 12.2 Å². The van der Waals surface area contributed by atoms with Crippen LogP contribution in [0.25, 0.3) is 21.8 Å². The van der Waals surface area contributed by atoms with Crippen LogP contribution in [0.1, 0.15) is 48.5 Å². The normalized spacial score (nSPS) is 18.7. The number of allylic oxidation sites excluding steroid dienone is 1. The fraction of sp³-hybridized carbons (Fsp3) is 0.375. The van der Waals surface area contributed by atoms with Gasteiger partial charge in [-0.2, -0.15) is 0 Å². The van der Waals surface area contributed by atoms with E-state index < -0.39 is 6.29 Å². The summed E-state index contributed by atoms with van der Waals surface area (Å²) in [5.41, 5.74) is 3.81. The smallest absolute Gasteiger partial charge is 0.286 e. The quantitative estimate of drug-likeness (QED) is 0.241. The van der Waals surface area contributed by atoms with Crippen molar-refractivity contribution in [1.82, 2.24) is 14.9 Å². The van der Waals surface area contributed by atoms with E-state index in [1.807, 2.05) is 67.9 Å². The van der Waals surface area contributed by atoms with Crippen LogP contribution in [-0.2, 0) is 20.7 Å². The topological polar surface area (TPSA) is 115 Å². The molecule has 5 rings (SSSR count). The standard InChI is InChI=1S/C32H37N3O6/c1-4-40-32-24(9-7-15-36)26(27-19-35(20(2)37)29-10-6-5-8-23(27)29)17-30(41-32)31(38)33-14-13-21-18-34-28-12-11-22(39-3)16-25(21)28/h5-6,8,10-12,16-19,24,26,32,34,36H,4,7,9,13-15H2,1-3H3,(H,33,38)/t24-,26+,32-/m1/s1. The summed E-state index contributed by atoms with van der Waals surface area (Å²) in [5.74, 6) is 0.120. The Morgan fingerprint density at radius 1 is 1.17 bits per heavy atom. The molecule has 0 bridgehead atoms. The Hall–Kier alpha value is -4.08. The minimum absolute atomic E-state index is 0.0358. The van der Waals surface area contributed by atoms with Crippen LogP contribution in [0.5, 0.6) is 5.75 Å². The number of H-pyrrole nitrogens is 1. The molecule has 3 heterocycles. The van der Waals surface area contributed by atoms with Gasteiger partial charge in [-0.1, -0.05) is 18.2 Å². The van der Waals surface area contributed by atoms with Crippen LogP contribution in [0, 0.1) is 5.92 Å². The maximum atomic E-state index is 13.4. The van der Waals surface area contributed by atoms with Crippen molar-refractivity contribution in [3.8, 4) is 5.75 Å². The number of nitrogens with zero attached hydrogens (tertiary/aromatic N) is 1. The summed E-state index contributed by atoms with van der Waals surface area (Å²) in [4.78, 5) is 29.2. The number of amides is 1. The number of aliphatic hydroxyl groups is 1. The van der Waals surface area contributed by atoms with Gasteiger partial charge in [-0.3, -0.25) is 14.2 Å². The van der Waals surface area contributed by atoms with Crippen LogP contribution in [-0.4, -0.2) is 59.6 Å². The van der Waals surface area contributed by atoms with Gasteiger partial charge in [0.15, 0.2) is 5.76 Å². The zero-order valence-electron chi connectivity index (χ0n) is 23.7. The number of nitrogens with one attached hydrogen (secondary N) is 2. The average molecular weight is 560 g/mol. The molecule has 0 unspecified atom stereocenters. The fourth-order valence-corrected chi connectivity index (χ4v) is 5.74. The monoisotopic (exact) mass is 559 g/mol. The van der Waals surface area contributed by atoms with Crippen LogP contribution in [0.4, 0.5) is 0 Å². The third kappa shape index (κ3) is 5.87. The van der Waals surface area contributed by atoms with E-state index in [1.54, 1.807) is 11.7 Å². The third-order valence-corrected chi connectivity index (χ3v) is 7.73. The zero-order valence-corrected chi connectivity index (χ0v) is 23.7. The molecule has 0 fully saturated rings. The molecule has 0 spiro atoms. The first-order valence-corrected chi connectivity index (χ1v) is 14.1. The highest BCUT2D eigenvalue weighted by Crippen LogP contribution is 2.42. The van der Waals surface area contributed by atoms with Gasteiger partial charge < -0.3 is 29.6 Å². The molecule has 1 aliphatic heterocycles. The molecule has 3 N–H and O–H groups in total. The van der Waals surface area contributed by atoms with Crippen LogP contribution < -0.4 is 10.1 Å². The number of hydrogen-bond acceptors (Lipinski definition) is 6. The highest BCUT2D eigenvalue weighted by atomic mass is 16.7. The summed E-state index contributed by atoms with van der Waals surface area (Å²) in [6.07, 6.45) is 6.78. The van der Waals surface area contributed by atoms with Crippen molar-refractivity contribution < 1.29 is 28.9 Å². The van der Waals surface area contributed by atoms with E-state index in [-0.39, 0.29) is 36.0 Å². The van der Waals surface area contributed by atoms with E-state index >= 15 is 0 Å². The number of ether oxygens (including phenoxy) is 3. The Balaban J connectivity index is 1.43. The number of carbonyl (C=O) groups is 2. The lowest BCUT2D eigenvalue weighted by atomic mass is 9.80. The minimum Gasteiger partial charge on any atom is -0.497 e. The molecular formula is C32H37N3O6. The summed E-state index contributed by atoms with van der Waals surface area (Å²) in [7, 11) is 1.64. The number of fused-ring (bicyclic) bond motifs is 2. The van der Waals surface area contributed by atoms with Crippen molar-refractivity contribution in [2.24, 2.45) is 5.92 Å². The van der Waals surface area contributed by atoms with Gasteiger partial charge >= 0.3 is 0 Å². The van der Waals surface area contributed by atoms with Gasteiger partial charge in [0, 0.05) is 67.2 Å². The van der Waals surface area contributed by atoms with Gasteiger partial charge in [-0.05, 0) is 67.7 Å². The summed E-state index contributed by atoms with van der Waals surface area (Å²) < 4.78 is 19.2. The predicted molar refractivity (Wildman–Crippen MR) is 157 cm³/mol. The molecule has 2 aromatic heterocycles. The highest BCUT2D eigenvalue weighted by Gasteiger charge is 2.39. The number of methoxy groups -OCH3 is 1. The first-order valence-electron chi connectivity index (χ1n) is 14.1. The molecule has 41 heavy (non-hydrogen) atoms. The molecule has 1 aliphatic rings. The Morgan fingerprint density at radius 3 is 2.76 bits per heavy atom. The summed E-state index contributed by atoms with van der Waals surface area (Å²) in [6, 6.07) is 13.6. The van der Waals surface area contributed by atoms with Crippen molar-refractivity contribution in [3.63, 3.8) is 0 Å². The fourth-order valence-electron chi connectivity index (χ4n) is 5.74. The first kappa shape index (κ1) is 28.4. The minimum atomic E-state index is -0.678. The van der Waals surface area contributed by atoms with E-state index in [0.29, 0.717) is 32.4 Å². The maximum absolute atomic E-state index is 13.4. The van der Waals surface area contributed by atoms with Crippen molar-refractivity contribution in [2.75, 3.05) is 26.9 Å². The molecule has 1 amide bonds. The number of para-hydroxylation sites is 1. The van der Waals surface area contributed by atoms with Gasteiger partial charge in [0.1, 0.15) is 5.75 Å². The molecule has 4 aromatic rings. The predicted octanol–water partition coefficient (Wildman–Crippen LogP) is 4.90. The second kappa shape index (κ2) is 12.6. The number of aromatic amines is 1. The summed E-state index contributed by atoms with van der Waals surface area (Å²) in [6.45, 7) is 4.27. The number of aromatic nitrogens is 2. The Bertz CT molecular complexity index is 1570. The molecule has 0 radical (unpaired) electrons. The zero-order chi connectivity index (χ0) is 28.9. The van der Waals surface area contributed by atoms with Crippen LogP contribution >= 0.6 is 0 Å².